The van der Waals surface area contributed by atoms with Gasteiger partial charge in [0.25, 0.3) is 0 Å². The Labute approximate surface area is 121 Å². The van der Waals surface area contributed by atoms with E-state index in [2.05, 4.69) is 20.7 Å². The van der Waals surface area contributed by atoms with Crippen molar-refractivity contribution >= 4 is 49.7 Å². The maximum absolute atomic E-state index is 12.1. The molecule has 0 aliphatic carbocycles. The second-order valence-electron chi connectivity index (χ2n) is 4.16. The Morgan fingerprint density at radius 3 is 2.41 bits per heavy atom. The molecular weight excluding hydrogens is 348 g/mol. The molecule has 0 amide bonds. The predicted octanol–water partition coefficient (Wildman–Crippen LogP) is 2.26. The average Bonchev–Trinajstić information content (AvgIpc) is 2.44. The van der Waals surface area contributed by atoms with E-state index in [9.17, 15) is 8.42 Å². The van der Waals surface area contributed by atoms with Gasteiger partial charge < -0.3 is 5.73 Å². The quantitative estimate of drug-likeness (QED) is 0.862. The van der Waals surface area contributed by atoms with Crippen LogP contribution in [0.1, 0.15) is 18.7 Å². The fourth-order valence-electron chi connectivity index (χ4n) is 1.16. The van der Waals surface area contributed by atoms with Crippen molar-refractivity contribution < 1.29 is 8.42 Å². The van der Waals surface area contributed by atoms with Gasteiger partial charge in [0.2, 0.25) is 10.0 Å². The van der Waals surface area contributed by atoms with Crippen LogP contribution in [0.15, 0.2) is 14.7 Å². The monoisotopic (exact) mass is 362 g/mol. The molecular formula is C9H16BrClN2O2S2. The molecule has 0 fully saturated rings. The largest absolute Gasteiger partial charge is 0.329 e. The molecule has 1 aromatic heterocycles. The third kappa shape index (κ3) is 4.50. The number of hydrogen-bond acceptors (Lipinski definition) is 4. The maximum Gasteiger partial charge on any atom is 0.242 e. The summed E-state index contributed by atoms with van der Waals surface area (Å²) in [5.74, 6) is 0. The van der Waals surface area contributed by atoms with Crippen molar-refractivity contribution in [2.75, 3.05) is 6.54 Å². The third-order valence-corrected chi connectivity index (χ3v) is 5.56. The Balaban J connectivity index is 0.00000256. The van der Waals surface area contributed by atoms with Gasteiger partial charge in [-0.1, -0.05) is 0 Å². The van der Waals surface area contributed by atoms with Gasteiger partial charge in [-0.25, -0.2) is 13.1 Å². The number of hydrogen-bond donors (Lipinski definition) is 2. The lowest BCUT2D eigenvalue weighted by Gasteiger charge is -2.23. The predicted molar refractivity (Wildman–Crippen MR) is 77.5 cm³/mol. The van der Waals surface area contributed by atoms with E-state index in [0.717, 1.165) is 8.66 Å². The Bertz CT molecular complexity index is 485. The van der Waals surface area contributed by atoms with Gasteiger partial charge in [0.05, 0.1) is 8.68 Å². The zero-order valence-corrected chi connectivity index (χ0v) is 13.8. The van der Waals surface area contributed by atoms with Gasteiger partial charge >= 0.3 is 0 Å². The lowest BCUT2D eigenvalue weighted by atomic mass is 10.1. The van der Waals surface area contributed by atoms with Crippen LogP contribution < -0.4 is 10.5 Å². The molecule has 17 heavy (non-hydrogen) atoms. The third-order valence-electron chi connectivity index (χ3n) is 2.05. The van der Waals surface area contributed by atoms with Crippen LogP contribution in [0.2, 0.25) is 0 Å². The second kappa shape index (κ2) is 5.99. The average molecular weight is 364 g/mol. The van der Waals surface area contributed by atoms with Crippen molar-refractivity contribution in [1.29, 1.82) is 0 Å². The Hall–Kier alpha value is 0.340. The summed E-state index contributed by atoms with van der Waals surface area (Å²) in [6, 6.07) is 1.61. The smallest absolute Gasteiger partial charge is 0.242 e. The van der Waals surface area contributed by atoms with Crippen LogP contribution >= 0.6 is 39.7 Å². The SMILES string of the molecule is Cc1sc(Br)cc1S(=O)(=O)NC(C)(C)CN.Cl. The maximum atomic E-state index is 12.1. The van der Waals surface area contributed by atoms with E-state index in [-0.39, 0.29) is 19.0 Å². The highest BCUT2D eigenvalue weighted by molar-refractivity contribution is 9.11. The van der Waals surface area contributed by atoms with Gasteiger partial charge in [-0.2, -0.15) is 0 Å². The standard InChI is InChI=1S/C9H15BrN2O2S2.ClH/c1-6-7(4-8(10)15-6)16(13,14)12-9(2,3)5-11;/h4,12H,5,11H2,1-3H3;1H. The molecule has 0 spiro atoms. The van der Waals surface area contributed by atoms with E-state index in [0.29, 0.717) is 4.90 Å². The summed E-state index contributed by atoms with van der Waals surface area (Å²) in [5, 5.41) is 0. The highest BCUT2D eigenvalue weighted by Gasteiger charge is 2.27. The Morgan fingerprint density at radius 1 is 1.53 bits per heavy atom. The first-order chi connectivity index (χ1) is 7.18. The highest BCUT2D eigenvalue weighted by atomic mass is 79.9. The van der Waals surface area contributed by atoms with Crippen LogP contribution in [0, 0.1) is 6.92 Å². The van der Waals surface area contributed by atoms with Gasteiger partial charge in [-0.15, -0.1) is 23.7 Å². The van der Waals surface area contributed by atoms with Crippen LogP contribution in [0.3, 0.4) is 0 Å². The van der Waals surface area contributed by atoms with Crippen molar-refractivity contribution in [3.63, 3.8) is 0 Å². The second-order valence-corrected chi connectivity index (χ2v) is 8.45. The molecule has 0 saturated heterocycles. The molecule has 3 N–H and O–H groups in total. The summed E-state index contributed by atoms with van der Waals surface area (Å²) < 4.78 is 27.5. The molecule has 1 aromatic rings. The van der Waals surface area contributed by atoms with Crippen LogP contribution in [-0.2, 0) is 10.0 Å². The molecule has 1 rings (SSSR count). The molecule has 0 bridgehead atoms. The molecule has 0 unspecified atom stereocenters. The number of rotatable bonds is 4. The van der Waals surface area contributed by atoms with Gasteiger partial charge in [0, 0.05) is 17.0 Å². The summed E-state index contributed by atoms with van der Waals surface area (Å²) >= 11 is 4.67. The van der Waals surface area contributed by atoms with Crippen molar-refractivity contribution in [2.45, 2.75) is 31.2 Å². The minimum atomic E-state index is -3.49. The first-order valence-corrected chi connectivity index (χ1v) is 7.77. The number of thiophene rings is 1. The van der Waals surface area contributed by atoms with Crippen molar-refractivity contribution in [2.24, 2.45) is 5.73 Å². The fourth-order valence-corrected chi connectivity index (χ4v) is 5.00. The van der Waals surface area contributed by atoms with Crippen LogP contribution in [0.5, 0.6) is 0 Å². The number of halogens is 2. The van der Waals surface area contributed by atoms with Gasteiger partial charge in [-0.3, -0.25) is 0 Å². The summed E-state index contributed by atoms with van der Waals surface area (Å²) in [6.45, 7) is 5.53. The molecule has 8 heteroatoms. The zero-order chi connectivity index (χ0) is 12.6. The van der Waals surface area contributed by atoms with Gasteiger partial charge in [0.15, 0.2) is 0 Å². The van der Waals surface area contributed by atoms with E-state index < -0.39 is 15.6 Å². The molecule has 100 valence electrons. The molecule has 0 atom stereocenters. The number of nitrogens with two attached hydrogens (primary N) is 1. The first kappa shape index (κ1) is 17.3. The summed E-state index contributed by atoms with van der Waals surface area (Å²) in [5.41, 5.74) is 4.86. The Kier molecular flexibility index (Phi) is 6.11. The highest BCUT2D eigenvalue weighted by Crippen LogP contribution is 2.30. The summed E-state index contributed by atoms with van der Waals surface area (Å²) in [7, 11) is -3.49. The normalized spacial score (nSPS) is 12.3. The summed E-state index contributed by atoms with van der Waals surface area (Å²) in [6.07, 6.45) is 0. The lowest BCUT2D eigenvalue weighted by molar-refractivity contribution is 0.462. The molecule has 0 saturated carbocycles. The molecule has 0 aromatic carbocycles. The minimum absolute atomic E-state index is 0. The molecule has 1 heterocycles. The first-order valence-electron chi connectivity index (χ1n) is 4.68. The van der Waals surface area contributed by atoms with Crippen LogP contribution in [-0.4, -0.2) is 20.5 Å². The van der Waals surface area contributed by atoms with Gasteiger partial charge in [0.1, 0.15) is 0 Å². The molecule has 0 aliphatic heterocycles. The van der Waals surface area contributed by atoms with E-state index in [4.69, 9.17) is 5.73 Å². The van der Waals surface area contributed by atoms with E-state index in [1.807, 2.05) is 0 Å². The van der Waals surface area contributed by atoms with Crippen molar-refractivity contribution in [3.8, 4) is 0 Å². The van der Waals surface area contributed by atoms with E-state index in [1.54, 1.807) is 26.8 Å². The molecule has 4 nitrogen and oxygen atoms in total. The van der Waals surface area contributed by atoms with E-state index in [1.165, 1.54) is 11.3 Å². The van der Waals surface area contributed by atoms with Crippen LogP contribution in [0.25, 0.3) is 0 Å². The molecule has 0 aliphatic rings. The van der Waals surface area contributed by atoms with Crippen molar-refractivity contribution in [1.82, 2.24) is 4.72 Å². The van der Waals surface area contributed by atoms with Gasteiger partial charge in [-0.05, 0) is 42.8 Å². The number of aryl methyl sites for hydroxylation is 1. The summed E-state index contributed by atoms with van der Waals surface area (Å²) in [4.78, 5) is 1.07. The van der Waals surface area contributed by atoms with E-state index >= 15 is 0 Å². The number of sulfonamides is 1. The Morgan fingerprint density at radius 2 is 2.06 bits per heavy atom. The number of nitrogens with one attached hydrogen (secondary N) is 1. The lowest BCUT2D eigenvalue weighted by Crippen LogP contribution is -2.48. The topological polar surface area (TPSA) is 72.2 Å². The minimum Gasteiger partial charge on any atom is -0.329 e. The molecule has 0 radical (unpaired) electrons. The zero-order valence-electron chi connectivity index (χ0n) is 9.78. The van der Waals surface area contributed by atoms with Crippen molar-refractivity contribution in [3.05, 3.63) is 14.7 Å². The fraction of sp³-hybridized carbons (Fsp3) is 0.556. The van der Waals surface area contributed by atoms with Crippen LogP contribution in [0.4, 0.5) is 0 Å².